The Hall–Kier alpha value is -3.00. The lowest BCUT2D eigenvalue weighted by Crippen LogP contribution is -2.33. The summed E-state index contributed by atoms with van der Waals surface area (Å²) >= 11 is 0. The summed E-state index contributed by atoms with van der Waals surface area (Å²) in [5, 5.41) is 3.93. The van der Waals surface area contributed by atoms with E-state index >= 15 is 0 Å². The van der Waals surface area contributed by atoms with Crippen LogP contribution in [0.3, 0.4) is 0 Å². The number of rotatable bonds is 8. The molecule has 2 unspecified atom stereocenters. The molecule has 0 saturated heterocycles. The summed E-state index contributed by atoms with van der Waals surface area (Å²) in [6.07, 6.45) is 0. The highest BCUT2D eigenvalue weighted by atomic mass is 32.2. The van der Waals surface area contributed by atoms with Crippen LogP contribution in [0.2, 0.25) is 0 Å². The molecule has 3 rings (SSSR count). The van der Waals surface area contributed by atoms with Gasteiger partial charge in [0.1, 0.15) is 17.3 Å². The van der Waals surface area contributed by atoms with E-state index in [1.807, 2.05) is 55.5 Å². The summed E-state index contributed by atoms with van der Waals surface area (Å²) in [7, 11) is 1.84. The molecule has 0 aliphatic carbocycles. The van der Waals surface area contributed by atoms with Gasteiger partial charge in [0.05, 0.1) is 13.2 Å². The molecule has 1 aromatic heterocycles. The van der Waals surface area contributed by atoms with Crippen LogP contribution in [0.25, 0.3) is 11.4 Å². The Bertz CT molecular complexity index is 990. The summed E-state index contributed by atoms with van der Waals surface area (Å²) in [6, 6.07) is 16.9. The first-order valence-corrected chi connectivity index (χ1v) is 10.6. The number of ether oxygens (including phenoxy) is 1. The highest BCUT2D eigenvalue weighted by molar-refractivity contribution is 7.84. The van der Waals surface area contributed by atoms with E-state index in [1.54, 1.807) is 25.1 Å². The lowest BCUT2D eigenvalue weighted by molar-refractivity contribution is -0.129. The van der Waals surface area contributed by atoms with Gasteiger partial charge in [-0.25, -0.2) is 0 Å². The van der Waals surface area contributed by atoms with E-state index in [2.05, 4.69) is 10.1 Å². The van der Waals surface area contributed by atoms with Crippen molar-refractivity contribution in [3.63, 3.8) is 0 Å². The largest absolute Gasteiger partial charge is 0.497 e. The summed E-state index contributed by atoms with van der Waals surface area (Å²) < 4.78 is 22.8. The number of hydrogen-bond donors (Lipinski definition) is 0. The molecule has 1 heterocycles. The minimum Gasteiger partial charge on any atom is -0.497 e. The minimum atomic E-state index is -1.46. The molecule has 0 saturated carbocycles. The molecule has 0 N–H and O–H groups in total. The average molecular weight is 413 g/mol. The number of hydrogen-bond acceptors (Lipinski definition) is 6. The highest BCUT2D eigenvalue weighted by Gasteiger charge is 2.21. The Kier molecular flexibility index (Phi) is 6.77. The fraction of sp³-hybridized carbons (Fsp3) is 0.286. The molecular weight excluding hydrogens is 390 g/mol. The van der Waals surface area contributed by atoms with Crippen molar-refractivity contribution in [2.75, 3.05) is 19.9 Å². The number of amides is 1. The molecule has 0 spiro atoms. The molecule has 152 valence electrons. The second kappa shape index (κ2) is 9.47. The highest BCUT2D eigenvalue weighted by Crippen LogP contribution is 2.22. The Morgan fingerprint density at radius 2 is 1.97 bits per heavy atom. The van der Waals surface area contributed by atoms with E-state index in [-0.39, 0.29) is 29.3 Å². The Morgan fingerprint density at radius 3 is 2.69 bits per heavy atom. The van der Waals surface area contributed by atoms with Crippen molar-refractivity contribution >= 4 is 16.7 Å². The van der Waals surface area contributed by atoms with Gasteiger partial charge >= 0.3 is 0 Å². The molecule has 2 atom stereocenters. The molecule has 1 amide bonds. The van der Waals surface area contributed by atoms with Crippen LogP contribution >= 0.6 is 0 Å². The third kappa shape index (κ3) is 5.29. The summed E-state index contributed by atoms with van der Waals surface area (Å²) in [5.74, 6) is 1.01. The summed E-state index contributed by atoms with van der Waals surface area (Å²) in [5.41, 5.74) is 1.76. The first kappa shape index (κ1) is 20.7. The van der Waals surface area contributed by atoms with Gasteiger partial charge in [-0.15, -0.1) is 0 Å². The van der Waals surface area contributed by atoms with E-state index in [9.17, 15) is 9.00 Å². The second-order valence-electron chi connectivity index (χ2n) is 6.56. The van der Waals surface area contributed by atoms with Crippen molar-refractivity contribution in [1.29, 1.82) is 0 Å². The smallest absolute Gasteiger partial charge is 0.239 e. The number of methoxy groups -OCH3 is 1. The van der Waals surface area contributed by atoms with Crippen LogP contribution in [0.1, 0.15) is 24.4 Å². The van der Waals surface area contributed by atoms with Gasteiger partial charge < -0.3 is 14.2 Å². The van der Waals surface area contributed by atoms with Gasteiger partial charge in [-0.2, -0.15) is 4.98 Å². The number of carbonyl (C=O) groups excluding carboxylic acids is 1. The van der Waals surface area contributed by atoms with E-state index in [0.717, 1.165) is 11.1 Å². The standard InChI is InChI=1S/C21H23N3O4S/c1-15(16-8-5-4-6-9-16)24(2)20(25)14-29(26)13-19-22-21(23-28-19)17-10-7-11-18(12-17)27-3/h4-12,15H,13-14H2,1-3H3. The molecule has 8 heteroatoms. The number of nitrogens with zero attached hydrogens (tertiary/aromatic N) is 3. The lowest BCUT2D eigenvalue weighted by atomic mass is 10.1. The van der Waals surface area contributed by atoms with Crippen molar-refractivity contribution in [2.45, 2.75) is 18.7 Å². The monoisotopic (exact) mass is 413 g/mol. The third-order valence-corrected chi connectivity index (χ3v) is 5.76. The topological polar surface area (TPSA) is 85.5 Å². The van der Waals surface area contributed by atoms with Crippen LogP contribution in [0.4, 0.5) is 0 Å². The van der Waals surface area contributed by atoms with Crippen LogP contribution in [-0.2, 0) is 21.3 Å². The Morgan fingerprint density at radius 1 is 1.21 bits per heavy atom. The van der Waals surface area contributed by atoms with Gasteiger partial charge in [-0.1, -0.05) is 47.6 Å². The molecular formula is C21H23N3O4S. The summed E-state index contributed by atoms with van der Waals surface area (Å²) in [6.45, 7) is 1.94. The SMILES string of the molecule is COc1cccc(-c2noc(CS(=O)CC(=O)N(C)C(C)c3ccccc3)n2)c1. The fourth-order valence-electron chi connectivity index (χ4n) is 2.79. The number of aromatic nitrogens is 2. The molecule has 0 aliphatic rings. The van der Waals surface area contributed by atoms with Gasteiger partial charge in [-0.3, -0.25) is 9.00 Å². The van der Waals surface area contributed by atoms with Crippen molar-refractivity contribution in [1.82, 2.24) is 15.0 Å². The minimum absolute atomic E-state index is 0.0241. The Labute approximate surface area is 172 Å². The van der Waals surface area contributed by atoms with Crippen molar-refractivity contribution < 1.29 is 18.3 Å². The molecule has 29 heavy (non-hydrogen) atoms. The van der Waals surface area contributed by atoms with E-state index in [0.29, 0.717) is 11.6 Å². The van der Waals surface area contributed by atoms with Crippen LogP contribution in [-0.4, -0.2) is 45.1 Å². The lowest BCUT2D eigenvalue weighted by Gasteiger charge is -2.25. The van der Waals surface area contributed by atoms with Crippen molar-refractivity contribution in [3.05, 3.63) is 66.1 Å². The van der Waals surface area contributed by atoms with Crippen molar-refractivity contribution in [2.24, 2.45) is 0 Å². The Balaban J connectivity index is 1.59. The van der Waals surface area contributed by atoms with Gasteiger partial charge in [0.2, 0.25) is 17.6 Å². The maximum atomic E-state index is 12.5. The molecule has 2 aromatic carbocycles. The zero-order chi connectivity index (χ0) is 20.8. The molecule has 7 nitrogen and oxygen atoms in total. The van der Waals surface area contributed by atoms with Crippen LogP contribution in [0.15, 0.2) is 59.1 Å². The maximum absolute atomic E-state index is 12.5. The van der Waals surface area contributed by atoms with E-state index < -0.39 is 10.8 Å². The van der Waals surface area contributed by atoms with Crippen LogP contribution < -0.4 is 4.74 Å². The van der Waals surface area contributed by atoms with Gasteiger partial charge in [0, 0.05) is 23.4 Å². The average Bonchev–Trinajstić information content (AvgIpc) is 3.21. The fourth-order valence-corrected chi connectivity index (χ4v) is 3.77. The first-order chi connectivity index (χ1) is 14.0. The molecule has 0 bridgehead atoms. The predicted molar refractivity (Wildman–Crippen MR) is 111 cm³/mol. The number of benzene rings is 2. The molecule has 3 aromatic rings. The zero-order valence-electron chi connectivity index (χ0n) is 16.6. The van der Waals surface area contributed by atoms with Gasteiger partial charge in [0.15, 0.2) is 0 Å². The maximum Gasteiger partial charge on any atom is 0.239 e. The summed E-state index contributed by atoms with van der Waals surface area (Å²) in [4.78, 5) is 18.4. The number of carbonyl (C=O) groups is 1. The van der Waals surface area contributed by atoms with Crippen molar-refractivity contribution in [3.8, 4) is 17.1 Å². The van der Waals surface area contributed by atoms with E-state index in [4.69, 9.17) is 9.26 Å². The molecule has 0 aliphatic heterocycles. The third-order valence-electron chi connectivity index (χ3n) is 4.62. The van der Waals surface area contributed by atoms with Crippen LogP contribution in [0.5, 0.6) is 5.75 Å². The second-order valence-corrected chi connectivity index (χ2v) is 8.02. The van der Waals surface area contributed by atoms with Gasteiger partial charge in [0.25, 0.3) is 0 Å². The first-order valence-electron chi connectivity index (χ1n) is 9.10. The zero-order valence-corrected chi connectivity index (χ0v) is 17.4. The van der Waals surface area contributed by atoms with E-state index in [1.165, 1.54) is 0 Å². The van der Waals surface area contributed by atoms with Gasteiger partial charge in [-0.05, 0) is 24.6 Å². The normalized spacial score (nSPS) is 12.9. The molecule has 0 radical (unpaired) electrons. The molecule has 0 fully saturated rings. The predicted octanol–water partition coefficient (Wildman–Crippen LogP) is 3.21. The van der Waals surface area contributed by atoms with Crippen LogP contribution in [0, 0.1) is 0 Å². The quantitative estimate of drug-likeness (QED) is 0.564.